The smallest absolute Gasteiger partial charge is 0.367 e. The molecule has 0 saturated carbocycles. The molecule has 2 nitrogen and oxygen atoms in total. The van der Waals surface area contributed by atoms with Crippen LogP contribution in [0.15, 0.2) is 4.99 Å². The minimum atomic E-state index is -4.63. The Balaban J connectivity index is 2.31. The highest BCUT2D eigenvalue weighted by Gasteiger charge is 2.42. The van der Waals surface area contributed by atoms with Crippen molar-refractivity contribution < 1.29 is 26.3 Å². The van der Waals surface area contributed by atoms with Crippen molar-refractivity contribution in [3.63, 3.8) is 0 Å². The first-order chi connectivity index (χ1) is 12.6. The highest BCUT2D eigenvalue weighted by molar-refractivity contribution is 5.98. The predicted octanol–water partition coefficient (Wildman–Crippen LogP) is 4.49. The standard InChI is InChI=1S/C19H20F6N2/c1-3-9-27-11(10-18(20,21)22)5-6-14-13-7-8-26-16(13)15(19(23,24)25)12(4-2)17(14)27/h6-8,11H,3-5,9-10H2,1-2H3. The molecule has 2 heterocycles. The van der Waals surface area contributed by atoms with Gasteiger partial charge in [-0.25, -0.2) is 0 Å². The molecule has 0 aliphatic carbocycles. The van der Waals surface area contributed by atoms with Crippen molar-refractivity contribution >= 4 is 29.7 Å². The average Bonchev–Trinajstić information content (AvgIpc) is 3.02. The maximum atomic E-state index is 13.8. The lowest BCUT2D eigenvalue weighted by Crippen LogP contribution is -2.48. The first-order valence-electron chi connectivity index (χ1n) is 8.92. The van der Waals surface area contributed by atoms with Crippen LogP contribution in [0, 0.1) is 0 Å². The lowest BCUT2D eigenvalue weighted by molar-refractivity contribution is -0.139. The number of hydrogen-bond acceptors (Lipinski definition) is 2. The molecule has 0 N–H and O–H groups in total. The maximum Gasteiger partial charge on any atom is 0.418 e. The Hall–Kier alpha value is -1.99. The second-order valence-electron chi connectivity index (χ2n) is 6.78. The number of anilines is 1. The van der Waals surface area contributed by atoms with E-state index in [-0.39, 0.29) is 36.3 Å². The summed E-state index contributed by atoms with van der Waals surface area (Å²) in [4.78, 5) is 5.44. The summed E-state index contributed by atoms with van der Waals surface area (Å²) in [6.07, 6.45) is -4.86. The van der Waals surface area contributed by atoms with Crippen molar-refractivity contribution in [1.29, 1.82) is 0 Å². The molecule has 2 aliphatic rings. The van der Waals surface area contributed by atoms with Gasteiger partial charge in [0.1, 0.15) is 0 Å². The maximum absolute atomic E-state index is 13.8. The molecule has 0 aromatic heterocycles. The Bertz CT molecular complexity index is 880. The van der Waals surface area contributed by atoms with Gasteiger partial charge in [-0.15, -0.1) is 0 Å². The number of fused-ring (bicyclic) bond motifs is 3. The third-order valence-corrected chi connectivity index (χ3v) is 4.96. The normalized spacial score (nSPS) is 18.8. The Morgan fingerprint density at radius 1 is 1.11 bits per heavy atom. The third-order valence-electron chi connectivity index (χ3n) is 4.96. The van der Waals surface area contributed by atoms with Crippen LogP contribution in [0.2, 0.25) is 0 Å². The van der Waals surface area contributed by atoms with Crippen LogP contribution in [-0.2, 0) is 12.6 Å². The Morgan fingerprint density at radius 3 is 2.37 bits per heavy atom. The molecule has 1 unspecified atom stereocenters. The van der Waals surface area contributed by atoms with E-state index in [2.05, 4.69) is 4.99 Å². The second-order valence-corrected chi connectivity index (χ2v) is 6.78. The van der Waals surface area contributed by atoms with Gasteiger partial charge >= 0.3 is 12.4 Å². The van der Waals surface area contributed by atoms with Crippen LogP contribution in [0.4, 0.5) is 37.7 Å². The Morgan fingerprint density at radius 2 is 1.81 bits per heavy atom. The van der Waals surface area contributed by atoms with E-state index >= 15 is 0 Å². The van der Waals surface area contributed by atoms with Gasteiger partial charge in [-0.2, -0.15) is 26.3 Å². The zero-order valence-electron chi connectivity index (χ0n) is 15.0. The predicted molar refractivity (Wildman–Crippen MR) is 93.9 cm³/mol. The summed E-state index contributed by atoms with van der Waals surface area (Å²) in [6, 6.07) is -0.899. The van der Waals surface area contributed by atoms with Crippen molar-refractivity contribution in [3.05, 3.63) is 21.6 Å². The number of nitrogens with zero attached hydrogens (tertiary/aromatic N) is 2. The van der Waals surface area contributed by atoms with E-state index in [1.165, 1.54) is 17.2 Å². The topological polar surface area (TPSA) is 15.6 Å². The van der Waals surface area contributed by atoms with Gasteiger partial charge < -0.3 is 4.90 Å². The molecule has 8 heteroatoms. The van der Waals surface area contributed by atoms with E-state index < -0.39 is 30.4 Å². The molecule has 27 heavy (non-hydrogen) atoms. The van der Waals surface area contributed by atoms with Gasteiger partial charge in [-0.05, 0) is 30.9 Å². The van der Waals surface area contributed by atoms with Crippen molar-refractivity contribution in [3.8, 4) is 0 Å². The van der Waals surface area contributed by atoms with E-state index in [4.69, 9.17) is 0 Å². The van der Waals surface area contributed by atoms with E-state index in [0.717, 1.165) is 0 Å². The Labute approximate surface area is 152 Å². The van der Waals surface area contributed by atoms with Crippen molar-refractivity contribution in [2.75, 3.05) is 11.4 Å². The van der Waals surface area contributed by atoms with Crippen LogP contribution < -0.4 is 15.3 Å². The highest BCUT2D eigenvalue weighted by atomic mass is 19.4. The summed E-state index contributed by atoms with van der Waals surface area (Å²) >= 11 is 0. The summed E-state index contributed by atoms with van der Waals surface area (Å²) in [5.41, 5.74) is -0.640. The summed E-state index contributed by atoms with van der Waals surface area (Å²) in [5, 5.41) is 0.917. The number of halogens is 6. The lowest BCUT2D eigenvalue weighted by atomic mass is 9.91. The zero-order valence-corrected chi connectivity index (χ0v) is 15.0. The van der Waals surface area contributed by atoms with Crippen molar-refractivity contribution in [2.45, 2.75) is 57.9 Å². The molecule has 0 fully saturated rings. The largest absolute Gasteiger partial charge is 0.418 e. The third kappa shape index (κ3) is 3.58. The van der Waals surface area contributed by atoms with Gasteiger partial charge in [0.2, 0.25) is 0 Å². The van der Waals surface area contributed by atoms with Crippen molar-refractivity contribution in [1.82, 2.24) is 0 Å². The van der Waals surface area contributed by atoms with Gasteiger partial charge in [0.05, 0.1) is 17.7 Å². The molecule has 0 spiro atoms. The fraction of sp³-hybridized carbons (Fsp3) is 0.526. The van der Waals surface area contributed by atoms with Crippen LogP contribution >= 0.6 is 0 Å². The molecule has 0 amide bonds. The molecule has 2 aliphatic heterocycles. The average molecular weight is 390 g/mol. The van der Waals surface area contributed by atoms with E-state index in [1.54, 1.807) is 13.0 Å². The van der Waals surface area contributed by atoms with E-state index in [1.807, 2.05) is 6.92 Å². The molecule has 148 valence electrons. The first-order valence-corrected chi connectivity index (χ1v) is 8.92. The van der Waals surface area contributed by atoms with Crippen LogP contribution in [0.5, 0.6) is 0 Å². The number of hydrogen-bond donors (Lipinski definition) is 0. The zero-order chi connectivity index (χ0) is 20.0. The van der Waals surface area contributed by atoms with Crippen LogP contribution in [0.25, 0.3) is 12.2 Å². The van der Waals surface area contributed by atoms with Crippen molar-refractivity contribution in [2.24, 2.45) is 4.99 Å². The fourth-order valence-electron chi connectivity index (χ4n) is 4.05. The molecule has 0 bridgehead atoms. The summed E-state index contributed by atoms with van der Waals surface area (Å²) < 4.78 is 80.7. The molecule has 1 atom stereocenters. The second kappa shape index (κ2) is 6.87. The molecule has 0 radical (unpaired) electrons. The van der Waals surface area contributed by atoms with Gasteiger partial charge in [0.25, 0.3) is 0 Å². The van der Waals surface area contributed by atoms with E-state index in [9.17, 15) is 26.3 Å². The number of aliphatic imine (C=N–C) groups is 1. The minimum Gasteiger partial charge on any atom is -0.367 e. The summed E-state index contributed by atoms with van der Waals surface area (Å²) in [5.74, 6) is 0. The number of rotatable bonds is 4. The minimum absolute atomic E-state index is 0.0280. The molecule has 1 aromatic rings. The molecule has 0 saturated heterocycles. The molecule has 3 rings (SSSR count). The quantitative estimate of drug-likeness (QED) is 0.692. The van der Waals surface area contributed by atoms with Crippen LogP contribution in [-0.4, -0.2) is 25.0 Å². The van der Waals surface area contributed by atoms with E-state index in [0.29, 0.717) is 16.9 Å². The first kappa shape index (κ1) is 19.8. The van der Waals surface area contributed by atoms with Gasteiger partial charge in [-0.1, -0.05) is 19.9 Å². The molecular weight excluding hydrogens is 370 g/mol. The van der Waals surface area contributed by atoms with Gasteiger partial charge in [0.15, 0.2) is 0 Å². The SMILES string of the molecule is CCCN1c2c(CC)c(C(F)(F)F)c3c(c2=CCC1CC(F)(F)F)=CC=N3. The number of benzene rings is 1. The molecular formula is C19H20F6N2. The highest BCUT2D eigenvalue weighted by Crippen LogP contribution is 2.42. The monoisotopic (exact) mass is 390 g/mol. The van der Waals surface area contributed by atoms with Crippen LogP contribution in [0.1, 0.15) is 44.2 Å². The van der Waals surface area contributed by atoms with Gasteiger partial charge in [-0.3, -0.25) is 4.99 Å². The summed E-state index contributed by atoms with van der Waals surface area (Å²) in [6.45, 7) is 3.67. The van der Waals surface area contributed by atoms with Crippen LogP contribution in [0.3, 0.4) is 0 Å². The number of alkyl halides is 6. The molecule has 1 aromatic carbocycles. The fourth-order valence-corrected chi connectivity index (χ4v) is 4.05. The summed E-state index contributed by atoms with van der Waals surface area (Å²) in [7, 11) is 0. The lowest BCUT2D eigenvalue weighted by Gasteiger charge is -2.39. The van der Waals surface area contributed by atoms with Gasteiger partial charge in [0, 0.05) is 34.9 Å². The Kier molecular flexibility index (Phi) is 5.03.